The van der Waals surface area contributed by atoms with Gasteiger partial charge >= 0.3 is 5.97 Å². The van der Waals surface area contributed by atoms with Crippen LogP contribution in [0.4, 0.5) is 0 Å². The van der Waals surface area contributed by atoms with Crippen LogP contribution in [0.1, 0.15) is 112 Å². The van der Waals surface area contributed by atoms with E-state index in [1.807, 2.05) is 44.2 Å². The molecule has 14 nitrogen and oxygen atoms in total. The molecule has 1 aliphatic carbocycles. The number of carbonyl (C=O) groups is 5. The van der Waals surface area contributed by atoms with Gasteiger partial charge in [-0.15, -0.1) is 0 Å². The minimum absolute atomic E-state index is 0.0400. The fourth-order valence-corrected chi connectivity index (χ4v) is 10.3. The number of piperidine rings is 1. The smallest absolute Gasteiger partial charge is 0.329 e. The molecule has 64 heavy (non-hydrogen) atoms. The van der Waals surface area contributed by atoms with E-state index in [0.29, 0.717) is 56.9 Å². The van der Waals surface area contributed by atoms with Crippen LogP contribution in [0.2, 0.25) is 0 Å². The number of hydrogen-bond donors (Lipinski definition) is 3. The number of nitrogens with zero attached hydrogens (tertiary/aromatic N) is 1. The Morgan fingerprint density at radius 3 is 2.39 bits per heavy atom. The lowest BCUT2D eigenvalue weighted by Crippen LogP contribution is -2.65. The molecule has 0 spiro atoms. The van der Waals surface area contributed by atoms with Crippen LogP contribution in [0.25, 0.3) is 0 Å². The molecule has 3 heterocycles. The molecule has 4 rings (SSSR count). The Morgan fingerprint density at radius 2 is 1.72 bits per heavy atom. The second-order valence-corrected chi connectivity index (χ2v) is 19.2. The largest absolute Gasteiger partial charge is 0.460 e. The van der Waals surface area contributed by atoms with E-state index >= 15 is 0 Å². The Balaban J connectivity index is 1.48. The van der Waals surface area contributed by atoms with Gasteiger partial charge in [0, 0.05) is 64.4 Å². The number of cyclic esters (lactones) is 1. The topological polar surface area (TPSA) is 195 Å². The average Bonchev–Trinajstić information content (AvgIpc) is 3.27. The Labute approximate surface area is 380 Å². The maximum Gasteiger partial charge on any atom is 0.329 e. The van der Waals surface area contributed by atoms with Crippen LogP contribution in [-0.4, -0.2) is 133 Å². The van der Waals surface area contributed by atoms with Gasteiger partial charge in [0.1, 0.15) is 24.5 Å². The van der Waals surface area contributed by atoms with E-state index in [-0.39, 0.29) is 67.5 Å². The molecule has 360 valence electrons. The summed E-state index contributed by atoms with van der Waals surface area (Å²) in [7, 11) is 4.67. The number of rotatable bonds is 22. The molecular weight excluding hydrogens is 823 g/mol. The van der Waals surface area contributed by atoms with E-state index in [4.69, 9.17) is 23.7 Å². The minimum atomic E-state index is -2.43. The van der Waals surface area contributed by atoms with Crippen LogP contribution in [-0.2, 0) is 47.7 Å². The first-order valence-corrected chi connectivity index (χ1v) is 23.4. The maximum atomic E-state index is 14.4. The van der Waals surface area contributed by atoms with Gasteiger partial charge in [-0.2, -0.15) is 0 Å². The number of methoxy groups -OCH3 is 3. The minimum Gasteiger partial charge on any atom is -0.460 e. The molecule has 1 amide bonds. The Hall–Kier alpha value is -3.37. The molecule has 1 saturated carbocycles. The number of hydrogen-bond acceptors (Lipinski definition) is 13. The highest BCUT2D eigenvalue weighted by Crippen LogP contribution is 2.45. The molecule has 0 radical (unpaired) electrons. The Kier molecular flexibility index (Phi) is 20.8. The van der Waals surface area contributed by atoms with Gasteiger partial charge in [-0.05, 0) is 95.0 Å². The standard InChI is InChI=1S/C50H77NO13/c1-30(22-34(5)42(55)29-60-7)14-11-10-12-15-32(3)43(61-8)26-37-19-17-35(6)50(59,64-37)47(56)48(57)51-21-13-16-38-39(24-36-18-20-40(53)45(25-36)62-9)44(63-49(58)46(38)51)27-41(54)33(4)23-31(2)28-52/h10-12,14-15,23,30,33-40,43-46,52-53,59H,13,16-22,24-29H2,1-9H3/b12-10+,14-11+,31-23+,32-15+/t30-,33-,34-,35-,36+,37+,38?,39+,40-,43+,44?,45-,46+,50-/m1/s1. The van der Waals surface area contributed by atoms with Crippen molar-refractivity contribution in [1.29, 1.82) is 0 Å². The van der Waals surface area contributed by atoms with Crippen molar-refractivity contribution in [2.75, 3.05) is 41.1 Å². The van der Waals surface area contributed by atoms with Crippen LogP contribution in [0.5, 0.6) is 0 Å². The number of likely N-dealkylation sites (tertiary alicyclic amines) is 1. The van der Waals surface area contributed by atoms with E-state index in [1.54, 1.807) is 41.1 Å². The number of carbonyl (C=O) groups excluding carboxylic acids is 5. The zero-order valence-electron chi connectivity index (χ0n) is 39.7. The van der Waals surface area contributed by atoms with Crippen molar-refractivity contribution in [3.8, 4) is 0 Å². The van der Waals surface area contributed by atoms with Crippen LogP contribution in [0.15, 0.2) is 47.6 Å². The number of ketones is 3. The molecule has 4 fully saturated rings. The third kappa shape index (κ3) is 13.8. The molecule has 4 aliphatic rings. The summed E-state index contributed by atoms with van der Waals surface area (Å²) in [4.78, 5) is 69.7. The van der Waals surface area contributed by atoms with Crippen LogP contribution >= 0.6 is 0 Å². The maximum absolute atomic E-state index is 14.4. The first-order valence-electron chi connectivity index (χ1n) is 23.4. The Morgan fingerprint density at radius 1 is 0.984 bits per heavy atom. The predicted molar refractivity (Wildman–Crippen MR) is 240 cm³/mol. The number of aliphatic hydroxyl groups excluding tert-OH is 2. The highest BCUT2D eigenvalue weighted by molar-refractivity contribution is 6.39. The summed E-state index contributed by atoms with van der Waals surface area (Å²) < 4.78 is 28.7. The van der Waals surface area contributed by atoms with Crippen molar-refractivity contribution < 1.29 is 63.0 Å². The summed E-state index contributed by atoms with van der Waals surface area (Å²) in [5, 5.41) is 32.1. The van der Waals surface area contributed by atoms with E-state index in [9.17, 15) is 39.3 Å². The molecule has 3 aliphatic heterocycles. The molecule has 2 unspecified atom stereocenters. The van der Waals surface area contributed by atoms with Gasteiger partial charge in [-0.3, -0.25) is 19.2 Å². The summed E-state index contributed by atoms with van der Waals surface area (Å²) in [6.45, 7) is 11.1. The first-order chi connectivity index (χ1) is 30.4. The summed E-state index contributed by atoms with van der Waals surface area (Å²) >= 11 is 0. The summed E-state index contributed by atoms with van der Waals surface area (Å²) in [5.41, 5.74) is 1.55. The number of aliphatic hydroxyl groups is 3. The lowest BCUT2D eigenvalue weighted by Gasteiger charge is -2.50. The Bertz CT molecular complexity index is 1720. The molecule has 0 aromatic carbocycles. The quantitative estimate of drug-likeness (QED) is 0.0523. The summed E-state index contributed by atoms with van der Waals surface area (Å²) in [5.74, 6) is -7.08. The highest BCUT2D eigenvalue weighted by atomic mass is 16.6. The number of esters is 1. The zero-order chi connectivity index (χ0) is 47.3. The summed E-state index contributed by atoms with van der Waals surface area (Å²) in [6, 6.07) is -1.09. The van der Waals surface area contributed by atoms with Crippen molar-refractivity contribution >= 4 is 29.2 Å². The number of ether oxygens (including phenoxy) is 5. The summed E-state index contributed by atoms with van der Waals surface area (Å²) in [6.07, 6.45) is 14.1. The highest BCUT2D eigenvalue weighted by Gasteiger charge is 2.57. The lowest BCUT2D eigenvalue weighted by molar-refractivity contribution is -0.266. The second kappa shape index (κ2) is 25.0. The van der Waals surface area contributed by atoms with Gasteiger partial charge in [-0.1, -0.05) is 69.7 Å². The fraction of sp³-hybridized carbons (Fsp3) is 0.740. The number of fused-ring (bicyclic) bond motifs is 1. The van der Waals surface area contributed by atoms with E-state index in [1.165, 1.54) is 12.0 Å². The lowest BCUT2D eigenvalue weighted by atomic mass is 9.68. The first kappa shape index (κ1) is 53.2. The third-order valence-electron chi connectivity index (χ3n) is 14.3. The third-order valence-corrected chi connectivity index (χ3v) is 14.3. The predicted octanol–water partition coefficient (Wildman–Crippen LogP) is 5.65. The SMILES string of the molecule is COCC(=O)[C@H](C)C[C@H](C)/C=C/C=C/C=C(\C)[C@H](C[C@@H]1CC[C@@H](C)[C@](O)(C(=O)C(=O)N2CCCC3[C@H](C[C@@H]4CC[C@@H](O)[C@H](OC)C4)C(CC(=O)[C@H](C)/C=C(\C)CO)OC(=O)[C@H]32)O1)OC. The van der Waals surface area contributed by atoms with Crippen LogP contribution < -0.4 is 0 Å². The average molecular weight is 900 g/mol. The van der Waals surface area contributed by atoms with Gasteiger partial charge in [0.25, 0.3) is 11.7 Å². The molecule has 0 bridgehead atoms. The molecular formula is C50H77NO13. The van der Waals surface area contributed by atoms with Crippen molar-refractivity contribution in [1.82, 2.24) is 4.90 Å². The van der Waals surface area contributed by atoms with Crippen LogP contribution in [0, 0.1) is 41.4 Å². The molecule has 14 heteroatoms. The molecule has 3 N–H and O–H groups in total. The number of Topliss-reactive ketones (excluding diaryl/α,β-unsaturated/α-hetero) is 3. The van der Waals surface area contributed by atoms with Crippen LogP contribution in [0.3, 0.4) is 0 Å². The van der Waals surface area contributed by atoms with E-state index in [2.05, 4.69) is 6.92 Å². The molecule has 14 atom stereocenters. The van der Waals surface area contributed by atoms with E-state index < -0.39 is 71.7 Å². The van der Waals surface area contributed by atoms with Crippen molar-refractivity contribution in [2.45, 2.75) is 155 Å². The molecule has 0 aromatic heterocycles. The molecule has 3 saturated heterocycles. The monoisotopic (exact) mass is 900 g/mol. The van der Waals surface area contributed by atoms with Gasteiger partial charge in [0.15, 0.2) is 5.78 Å². The van der Waals surface area contributed by atoms with Gasteiger partial charge in [0.2, 0.25) is 5.79 Å². The van der Waals surface area contributed by atoms with E-state index in [0.717, 1.165) is 18.4 Å². The van der Waals surface area contributed by atoms with Crippen molar-refractivity contribution in [2.24, 2.45) is 41.4 Å². The number of allylic oxidation sites excluding steroid dienone is 6. The van der Waals surface area contributed by atoms with Gasteiger partial charge < -0.3 is 43.9 Å². The fourth-order valence-electron chi connectivity index (χ4n) is 10.3. The molecule has 0 aromatic rings. The number of amides is 1. The van der Waals surface area contributed by atoms with Gasteiger partial charge in [-0.25, -0.2) is 4.79 Å². The van der Waals surface area contributed by atoms with Crippen molar-refractivity contribution in [3.05, 3.63) is 47.6 Å². The normalized spacial score (nSPS) is 32.5. The second-order valence-electron chi connectivity index (χ2n) is 19.2. The zero-order valence-corrected chi connectivity index (χ0v) is 39.7. The van der Waals surface area contributed by atoms with Gasteiger partial charge in [0.05, 0.1) is 31.0 Å². The van der Waals surface area contributed by atoms with Crippen molar-refractivity contribution in [3.63, 3.8) is 0 Å².